The van der Waals surface area contributed by atoms with Gasteiger partial charge in [0.05, 0.1) is 17.6 Å². The molecule has 1 unspecified atom stereocenters. The van der Waals surface area contributed by atoms with Gasteiger partial charge in [-0.05, 0) is 18.4 Å². The number of nitrogens with zero attached hydrogens (tertiary/aromatic N) is 2. The zero-order chi connectivity index (χ0) is 21.7. The summed E-state index contributed by atoms with van der Waals surface area (Å²) in [5.74, 6) is -0.611. The van der Waals surface area contributed by atoms with Gasteiger partial charge in [0.2, 0.25) is 11.8 Å². The Labute approximate surface area is 173 Å². The summed E-state index contributed by atoms with van der Waals surface area (Å²) in [6.45, 7) is 3.99. The van der Waals surface area contributed by atoms with Crippen molar-refractivity contribution in [1.82, 2.24) is 10.1 Å². The number of aromatic nitrogens is 2. The van der Waals surface area contributed by atoms with Gasteiger partial charge in [0, 0.05) is 11.6 Å². The Morgan fingerprint density at radius 3 is 2.50 bits per heavy atom. The highest BCUT2D eigenvalue weighted by Gasteiger charge is 2.19. The Kier molecular flexibility index (Phi) is 6.31. The molecular weight excluding hydrogens is 384 g/mol. The van der Waals surface area contributed by atoms with Gasteiger partial charge in [-0.15, -0.1) is 0 Å². The Morgan fingerprint density at radius 1 is 1.13 bits per heavy atom. The zero-order valence-electron chi connectivity index (χ0n) is 16.8. The summed E-state index contributed by atoms with van der Waals surface area (Å²) < 4.78 is 5.33. The summed E-state index contributed by atoms with van der Waals surface area (Å²) in [4.78, 5) is 27.7. The van der Waals surface area contributed by atoms with E-state index in [1.165, 1.54) is 6.20 Å². The Balaban J connectivity index is 1.86. The summed E-state index contributed by atoms with van der Waals surface area (Å²) >= 11 is 0. The lowest BCUT2D eigenvalue weighted by Gasteiger charge is -2.19. The molecule has 0 fully saturated rings. The number of carbonyl (C=O) groups excluding carboxylic acids is 2. The van der Waals surface area contributed by atoms with E-state index in [9.17, 15) is 9.59 Å². The van der Waals surface area contributed by atoms with Gasteiger partial charge in [-0.25, -0.2) is 4.98 Å². The van der Waals surface area contributed by atoms with Crippen molar-refractivity contribution in [3.63, 3.8) is 0 Å². The first kappa shape index (κ1) is 20.8. The standard InChI is InChI=1S/C21H24N6O3/c1-12(2)8-17(20(22)28)25-14-9-16(19(21(23)29)24-11-14)26-18-10-15(27-30-18)13-6-4-3-5-7-13/h3-7,9-12,17,25-26H,8H2,1-2H3,(H2,22,28)(H2,23,29). The van der Waals surface area contributed by atoms with Gasteiger partial charge in [-0.2, -0.15) is 0 Å². The molecule has 0 aliphatic carbocycles. The van der Waals surface area contributed by atoms with Crippen molar-refractivity contribution in [2.75, 3.05) is 10.6 Å². The molecule has 0 bridgehead atoms. The average molecular weight is 408 g/mol. The first-order chi connectivity index (χ1) is 14.3. The molecule has 2 amide bonds. The number of hydrogen-bond donors (Lipinski definition) is 4. The second kappa shape index (κ2) is 9.08. The van der Waals surface area contributed by atoms with E-state index in [1.54, 1.807) is 12.1 Å². The molecule has 30 heavy (non-hydrogen) atoms. The summed E-state index contributed by atoms with van der Waals surface area (Å²) in [6.07, 6.45) is 1.98. The van der Waals surface area contributed by atoms with Crippen LogP contribution in [0.1, 0.15) is 30.8 Å². The number of nitrogens with two attached hydrogens (primary N) is 2. The zero-order valence-corrected chi connectivity index (χ0v) is 16.8. The molecular formula is C21H24N6O3. The predicted octanol–water partition coefficient (Wildman–Crippen LogP) is 2.89. The molecule has 2 heterocycles. The molecule has 2 aromatic heterocycles. The molecule has 0 radical (unpaired) electrons. The fourth-order valence-electron chi connectivity index (χ4n) is 2.97. The van der Waals surface area contributed by atoms with Crippen LogP contribution in [0.5, 0.6) is 0 Å². The van der Waals surface area contributed by atoms with Crippen LogP contribution in [0, 0.1) is 5.92 Å². The molecule has 156 valence electrons. The third kappa shape index (κ3) is 5.13. The van der Waals surface area contributed by atoms with Crippen molar-refractivity contribution >= 4 is 29.1 Å². The Morgan fingerprint density at radius 2 is 1.87 bits per heavy atom. The van der Waals surface area contributed by atoms with E-state index in [1.807, 2.05) is 44.2 Å². The molecule has 0 aliphatic rings. The van der Waals surface area contributed by atoms with E-state index in [2.05, 4.69) is 20.8 Å². The molecule has 0 saturated carbocycles. The molecule has 0 spiro atoms. The van der Waals surface area contributed by atoms with Crippen molar-refractivity contribution < 1.29 is 14.1 Å². The molecule has 1 atom stereocenters. The quantitative estimate of drug-likeness (QED) is 0.425. The maximum atomic E-state index is 11.8. The summed E-state index contributed by atoms with van der Waals surface area (Å²) in [6, 6.07) is 12.3. The molecule has 3 aromatic rings. The number of rotatable bonds is 9. The second-order valence-corrected chi connectivity index (χ2v) is 7.28. The molecule has 0 saturated heterocycles. The molecule has 1 aromatic carbocycles. The van der Waals surface area contributed by atoms with E-state index < -0.39 is 17.9 Å². The number of nitrogens with one attached hydrogen (secondary N) is 2. The normalized spacial score (nSPS) is 11.8. The number of hydrogen-bond acceptors (Lipinski definition) is 7. The molecule has 6 N–H and O–H groups in total. The number of amides is 2. The topological polar surface area (TPSA) is 149 Å². The minimum absolute atomic E-state index is 0.0256. The number of anilines is 3. The van der Waals surface area contributed by atoms with Crippen LogP contribution in [-0.2, 0) is 4.79 Å². The van der Waals surface area contributed by atoms with E-state index in [4.69, 9.17) is 16.0 Å². The highest BCUT2D eigenvalue weighted by Crippen LogP contribution is 2.27. The van der Waals surface area contributed by atoms with Crippen LogP contribution in [0.2, 0.25) is 0 Å². The van der Waals surface area contributed by atoms with Crippen LogP contribution in [0.25, 0.3) is 11.3 Å². The maximum absolute atomic E-state index is 11.8. The third-order valence-electron chi connectivity index (χ3n) is 4.35. The van der Waals surface area contributed by atoms with Crippen LogP contribution >= 0.6 is 0 Å². The Hall–Kier alpha value is -3.88. The van der Waals surface area contributed by atoms with Gasteiger partial charge in [-0.3, -0.25) is 9.59 Å². The van der Waals surface area contributed by atoms with Crippen molar-refractivity contribution in [2.24, 2.45) is 17.4 Å². The van der Waals surface area contributed by atoms with Crippen molar-refractivity contribution in [3.05, 3.63) is 54.4 Å². The second-order valence-electron chi connectivity index (χ2n) is 7.28. The van der Waals surface area contributed by atoms with Gasteiger partial charge in [0.15, 0.2) is 5.69 Å². The van der Waals surface area contributed by atoms with Crippen LogP contribution in [0.4, 0.5) is 17.3 Å². The highest BCUT2D eigenvalue weighted by atomic mass is 16.5. The first-order valence-corrected chi connectivity index (χ1v) is 9.48. The van der Waals surface area contributed by atoms with E-state index in [0.29, 0.717) is 29.4 Å². The maximum Gasteiger partial charge on any atom is 0.269 e. The molecule has 9 nitrogen and oxygen atoms in total. The predicted molar refractivity (Wildman–Crippen MR) is 114 cm³/mol. The lowest BCUT2D eigenvalue weighted by Crippen LogP contribution is -2.36. The number of pyridine rings is 1. The van der Waals surface area contributed by atoms with Crippen molar-refractivity contribution in [3.8, 4) is 11.3 Å². The minimum atomic E-state index is -0.708. The smallest absolute Gasteiger partial charge is 0.269 e. The van der Waals surface area contributed by atoms with E-state index >= 15 is 0 Å². The summed E-state index contributed by atoms with van der Waals surface area (Å²) in [7, 11) is 0. The highest BCUT2D eigenvalue weighted by molar-refractivity contribution is 5.97. The monoisotopic (exact) mass is 408 g/mol. The number of benzene rings is 1. The summed E-state index contributed by atoms with van der Waals surface area (Å²) in [5, 5.41) is 10.1. The fourth-order valence-corrected chi connectivity index (χ4v) is 2.97. The largest absolute Gasteiger partial charge is 0.372 e. The lowest BCUT2D eigenvalue weighted by molar-refractivity contribution is -0.119. The number of carbonyl (C=O) groups is 2. The minimum Gasteiger partial charge on any atom is -0.372 e. The molecule has 9 heteroatoms. The van der Waals surface area contributed by atoms with E-state index in [0.717, 1.165) is 5.56 Å². The average Bonchev–Trinajstić information content (AvgIpc) is 3.16. The van der Waals surface area contributed by atoms with Gasteiger partial charge in [0.25, 0.3) is 5.91 Å². The van der Waals surface area contributed by atoms with Crippen LogP contribution in [0.15, 0.2) is 53.2 Å². The number of primary amides is 2. The molecule has 3 rings (SSSR count). The van der Waals surface area contributed by atoms with Crippen LogP contribution in [0.3, 0.4) is 0 Å². The first-order valence-electron chi connectivity index (χ1n) is 9.48. The molecule has 0 aliphatic heterocycles. The van der Waals surface area contributed by atoms with Crippen molar-refractivity contribution in [1.29, 1.82) is 0 Å². The van der Waals surface area contributed by atoms with Crippen molar-refractivity contribution in [2.45, 2.75) is 26.3 Å². The SMILES string of the molecule is CC(C)CC(Nc1cnc(C(N)=O)c(Nc2cc(-c3ccccc3)no2)c1)C(N)=O. The lowest BCUT2D eigenvalue weighted by atomic mass is 10.0. The van der Waals surface area contributed by atoms with E-state index in [-0.39, 0.29) is 11.6 Å². The Bertz CT molecular complexity index is 1030. The summed E-state index contributed by atoms with van der Waals surface area (Å²) in [5.41, 5.74) is 13.3. The van der Waals surface area contributed by atoms with Gasteiger partial charge < -0.3 is 26.6 Å². The van der Waals surface area contributed by atoms with Gasteiger partial charge >= 0.3 is 0 Å². The van der Waals surface area contributed by atoms with Crippen LogP contribution in [-0.4, -0.2) is 28.0 Å². The fraction of sp³-hybridized carbons (Fsp3) is 0.238. The van der Waals surface area contributed by atoms with Gasteiger partial charge in [0.1, 0.15) is 11.7 Å². The van der Waals surface area contributed by atoms with Gasteiger partial charge in [-0.1, -0.05) is 49.3 Å². The van der Waals surface area contributed by atoms with Crippen LogP contribution < -0.4 is 22.1 Å². The third-order valence-corrected chi connectivity index (χ3v) is 4.35.